The topological polar surface area (TPSA) is 47.9 Å². The Kier molecular flexibility index (Phi) is 4.67. The number of hydrogen-bond donors (Lipinski definition) is 1. The molecular formula is C20H30O4. The van der Waals surface area contributed by atoms with Crippen molar-refractivity contribution < 1.29 is 19.3 Å². The molecule has 1 fully saturated rings. The van der Waals surface area contributed by atoms with Crippen molar-refractivity contribution in [2.45, 2.75) is 65.0 Å². The Hall–Kier alpha value is -1.10. The van der Waals surface area contributed by atoms with Gasteiger partial charge in [0.1, 0.15) is 11.4 Å². The van der Waals surface area contributed by atoms with Gasteiger partial charge in [0.05, 0.1) is 19.3 Å². The fraction of sp³-hybridized carbons (Fsp3) is 0.700. The number of methoxy groups -OCH3 is 2. The lowest BCUT2D eigenvalue weighted by molar-refractivity contribution is -0.138. The van der Waals surface area contributed by atoms with E-state index in [0.717, 1.165) is 36.1 Å². The highest BCUT2D eigenvalue weighted by molar-refractivity contribution is 5.47. The molecule has 0 saturated heterocycles. The van der Waals surface area contributed by atoms with Crippen molar-refractivity contribution in [2.75, 3.05) is 14.2 Å². The predicted octanol–water partition coefficient (Wildman–Crippen LogP) is 3.47. The van der Waals surface area contributed by atoms with Gasteiger partial charge in [-0.2, -0.15) is 0 Å². The maximum Gasteiger partial charge on any atom is 0.128 e. The van der Waals surface area contributed by atoms with Crippen LogP contribution in [0.1, 0.15) is 50.3 Å². The van der Waals surface area contributed by atoms with E-state index in [2.05, 4.69) is 32.9 Å². The standard InChI is InChI=1S/C20H30O4/c1-19(2)16-10-14-8-13(11-22-4)9-15(12-23-5)18(14)24-20(16,3)7-6-17(19)21/h8-9,16-17,21H,6-7,10-12H2,1-5H3/t16-,17-,20-/m1/s1. The Bertz CT molecular complexity index is 610. The Morgan fingerprint density at radius 3 is 2.54 bits per heavy atom. The van der Waals surface area contributed by atoms with Crippen LogP contribution in [0.15, 0.2) is 12.1 Å². The molecule has 0 radical (unpaired) electrons. The van der Waals surface area contributed by atoms with Crippen LogP contribution in [0, 0.1) is 11.3 Å². The molecule has 1 aliphatic carbocycles. The van der Waals surface area contributed by atoms with Crippen molar-refractivity contribution in [3.8, 4) is 5.75 Å². The fourth-order valence-corrected chi connectivity index (χ4v) is 4.66. The van der Waals surface area contributed by atoms with E-state index in [0.29, 0.717) is 13.2 Å². The highest BCUT2D eigenvalue weighted by Gasteiger charge is 2.54. The van der Waals surface area contributed by atoms with Gasteiger partial charge in [0, 0.05) is 25.7 Å². The van der Waals surface area contributed by atoms with Gasteiger partial charge in [-0.1, -0.05) is 13.8 Å². The van der Waals surface area contributed by atoms with Gasteiger partial charge in [0.25, 0.3) is 0 Å². The second-order valence-electron chi connectivity index (χ2n) is 8.16. The average Bonchev–Trinajstić information content (AvgIpc) is 2.52. The number of fused-ring (bicyclic) bond motifs is 2. The van der Waals surface area contributed by atoms with Crippen molar-refractivity contribution in [1.29, 1.82) is 0 Å². The molecule has 3 rings (SSSR count). The molecule has 0 amide bonds. The number of hydrogen-bond acceptors (Lipinski definition) is 4. The molecule has 1 aromatic carbocycles. The highest BCUT2D eigenvalue weighted by atomic mass is 16.5. The minimum Gasteiger partial charge on any atom is -0.487 e. The molecule has 134 valence electrons. The zero-order valence-corrected chi connectivity index (χ0v) is 15.5. The van der Waals surface area contributed by atoms with E-state index in [1.807, 2.05) is 0 Å². The Labute approximate surface area is 145 Å². The van der Waals surface area contributed by atoms with Crippen molar-refractivity contribution in [1.82, 2.24) is 0 Å². The first-order valence-corrected chi connectivity index (χ1v) is 8.81. The summed E-state index contributed by atoms with van der Waals surface area (Å²) in [6.45, 7) is 7.66. The lowest BCUT2D eigenvalue weighted by atomic mass is 9.57. The first kappa shape index (κ1) is 17.7. The molecule has 0 unspecified atom stereocenters. The van der Waals surface area contributed by atoms with E-state index < -0.39 is 0 Å². The van der Waals surface area contributed by atoms with E-state index in [-0.39, 0.29) is 23.0 Å². The van der Waals surface area contributed by atoms with Gasteiger partial charge in [-0.15, -0.1) is 0 Å². The van der Waals surface area contributed by atoms with Gasteiger partial charge >= 0.3 is 0 Å². The summed E-state index contributed by atoms with van der Waals surface area (Å²) >= 11 is 0. The van der Waals surface area contributed by atoms with Gasteiger partial charge in [0.15, 0.2) is 0 Å². The minimum atomic E-state index is -0.277. The molecule has 1 N–H and O–H groups in total. The zero-order valence-electron chi connectivity index (χ0n) is 15.5. The fourth-order valence-electron chi connectivity index (χ4n) is 4.66. The highest BCUT2D eigenvalue weighted by Crippen LogP contribution is 2.53. The van der Waals surface area contributed by atoms with Gasteiger partial charge in [-0.25, -0.2) is 0 Å². The smallest absolute Gasteiger partial charge is 0.128 e. The normalized spacial score (nSPS) is 31.1. The number of ether oxygens (including phenoxy) is 3. The average molecular weight is 334 g/mol. The monoisotopic (exact) mass is 334 g/mol. The Morgan fingerprint density at radius 2 is 1.88 bits per heavy atom. The largest absolute Gasteiger partial charge is 0.487 e. The van der Waals surface area contributed by atoms with Gasteiger partial charge < -0.3 is 19.3 Å². The summed E-state index contributed by atoms with van der Waals surface area (Å²) in [5.41, 5.74) is 3.04. The third-order valence-corrected chi connectivity index (χ3v) is 6.08. The lowest BCUT2D eigenvalue weighted by Crippen LogP contribution is -2.58. The van der Waals surface area contributed by atoms with Gasteiger partial charge in [-0.3, -0.25) is 0 Å². The number of aliphatic hydroxyl groups is 1. The molecule has 2 aliphatic rings. The summed E-state index contributed by atoms with van der Waals surface area (Å²) in [5.74, 6) is 1.26. The van der Waals surface area contributed by atoms with Crippen LogP contribution in [0.5, 0.6) is 5.75 Å². The zero-order chi connectivity index (χ0) is 17.5. The van der Waals surface area contributed by atoms with Crippen LogP contribution >= 0.6 is 0 Å². The van der Waals surface area contributed by atoms with Crippen molar-refractivity contribution >= 4 is 0 Å². The minimum absolute atomic E-state index is 0.163. The second-order valence-corrected chi connectivity index (χ2v) is 8.16. The Morgan fingerprint density at radius 1 is 1.17 bits per heavy atom. The molecule has 4 nitrogen and oxygen atoms in total. The molecule has 24 heavy (non-hydrogen) atoms. The summed E-state index contributed by atoms with van der Waals surface area (Å²) in [6, 6.07) is 4.31. The molecule has 1 aliphatic heterocycles. The van der Waals surface area contributed by atoms with E-state index in [4.69, 9.17) is 14.2 Å². The Balaban J connectivity index is 2.05. The van der Waals surface area contributed by atoms with Crippen LogP contribution in [-0.2, 0) is 29.1 Å². The van der Waals surface area contributed by atoms with Crippen LogP contribution in [-0.4, -0.2) is 31.0 Å². The SMILES string of the molecule is COCc1cc(COC)c2c(c1)C[C@@H]1C(C)(C)[C@H](O)CC[C@@]1(C)O2. The number of aliphatic hydroxyl groups excluding tert-OH is 1. The molecule has 0 spiro atoms. The maximum absolute atomic E-state index is 10.5. The molecule has 1 aromatic rings. The predicted molar refractivity (Wildman–Crippen MR) is 93.1 cm³/mol. The van der Waals surface area contributed by atoms with Crippen LogP contribution in [0.4, 0.5) is 0 Å². The van der Waals surface area contributed by atoms with Crippen LogP contribution < -0.4 is 4.74 Å². The quantitative estimate of drug-likeness (QED) is 0.916. The first-order valence-electron chi connectivity index (χ1n) is 8.81. The van der Waals surface area contributed by atoms with E-state index in [1.54, 1.807) is 14.2 Å². The van der Waals surface area contributed by atoms with Gasteiger partial charge in [0.2, 0.25) is 0 Å². The summed E-state index contributed by atoms with van der Waals surface area (Å²) in [6.07, 6.45) is 2.32. The first-order chi connectivity index (χ1) is 11.3. The number of benzene rings is 1. The van der Waals surface area contributed by atoms with Crippen molar-refractivity contribution in [2.24, 2.45) is 11.3 Å². The second kappa shape index (κ2) is 6.32. The van der Waals surface area contributed by atoms with Crippen LogP contribution in [0.25, 0.3) is 0 Å². The molecule has 1 saturated carbocycles. The third kappa shape index (κ3) is 2.85. The van der Waals surface area contributed by atoms with E-state index in [9.17, 15) is 5.11 Å². The molecule has 0 bridgehead atoms. The third-order valence-electron chi connectivity index (χ3n) is 6.08. The van der Waals surface area contributed by atoms with Crippen LogP contribution in [0.3, 0.4) is 0 Å². The van der Waals surface area contributed by atoms with Crippen molar-refractivity contribution in [3.63, 3.8) is 0 Å². The van der Waals surface area contributed by atoms with Crippen LogP contribution in [0.2, 0.25) is 0 Å². The lowest BCUT2D eigenvalue weighted by Gasteiger charge is -2.55. The summed E-state index contributed by atoms with van der Waals surface area (Å²) in [5, 5.41) is 10.5. The molecule has 4 heteroatoms. The molecule has 0 aromatic heterocycles. The van der Waals surface area contributed by atoms with Gasteiger partial charge in [-0.05, 0) is 54.9 Å². The van der Waals surface area contributed by atoms with Crippen molar-refractivity contribution in [3.05, 3.63) is 28.8 Å². The number of rotatable bonds is 4. The summed E-state index contributed by atoms with van der Waals surface area (Å²) in [7, 11) is 3.42. The molecular weight excluding hydrogens is 304 g/mol. The summed E-state index contributed by atoms with van der Waals surface area (Å²) in [4.78, 5) is 0. The molecule has 3 atom stereocenters. The maximum atomic E-state index is 10.5. The summed E-state index contributed by atoms with van der Waals surface area (Å²) < 4.78 is 17.3. The van der Waals surface area contributed by atoms with E-state index in [1.165, 1.54) is 5.56 Å². The van der Waals surface area contributed by atoms with E-state index >= 15 is 0 Å². The molecule has 1 heterocycles.